The van der Waals surface area contributed by atoms with E-state index in [1.807, 2.05) is 0 Å². The van der Waals surface area contributed by atoms with Crippen molar-refractivity contribution in [3.05, 3.63) is 11.5 Å². The lowest BCUT2D eigenvalue weighted by molar-refractivity contribution is -0.136. The molecule has 1 aliphatic heterocycles. The fraction of sp³-hybridized carbons (Fsp3) is 0.400. The van der Waals surface area contributed by atoms with Crippen LogP contribution in [0.2, 0.25) is 0 Å². The maximum atomic E-state index is 10.8. The van der Waals surface area contributed by atoms with E-state index in [0.717, 1.165) is 0 Å². The summed E-state index contributed by atoms with van der Waals surface area (Å²) in [5.74, 6) is -0.102. The second kappa shape index (κ2) is 2.47. The predicted octanol–water partition coefficient (Wildman–Crippen LogP) is -1.56. The first-order valence-electron chi connectivity index (χ1n) is 2.81. The van der Waals surface area contributed by atoms with E-state index in [9.17, 15) is 4.79 Å². The smallest absolute Gasteiger partial charge is 0.357 e. The number of ether oxygens (including phenoxy) is 1. The Morgan fingerprint density at radius 2 is 2.40 bits per heavy atom. The van der Waals surface area contributed by atoms with Crippen molar-refractivity contribution in [2.45, 2.75) is 0 Å². The van der Waals surface area contributed by atoms with Gasteiger partial charge in [-0.1, -0.05) is 0 Å². The number of hydrogen-bond donors (Lipinski definition) is 3. The van der Waals surface area contributed by atoms with Crippen molar-refractivity contribution in [1.29, 1.82) is 0 Å². The molecule has 0 aromatic heterocycles. The van der Waals surface area contributed by atoms with Gasteiger partial charge in [0.05, 0.1) is 13.8 Å². The molecule has 0 spiro atoms. The Hall–Kier alpha value is -1.39. The van der Waals surface area contributed by atoms with Crippen LogP contribution in [0.15, 0.2) is 11.5 Å². The molecule has 4 N–H and O–H groups in total. The zero-order chi connectivity index (χ0) is 7.56. The molecule has 1 aliphatic rings. The van der Waals surface area contributed by atoms with Crippen molar-refractivity contribution in [2.75, 3.05) is 13.8 Å². The second-order valence-corrected chi connectivity index (χ2v) is 1.81. The number of methoxy groups -OCH3 is 1. The molecule has 0 atom stereocenters. The zero-order valence-corrected chi connectivity index (χ0v) is 5.60. The molecule has 0 aliphatic carbocycles. The van der Waals surface area contributed by atoms with E-state index in [1.54, 1.807) is 0 Å². The maximum Gasteiger partial charge on any atom is 0.357 e. The van der Waals surface area contributed by atoms with Gasteiger partial charge in [-0.05, 0) is 0 Å². The highest BCUT2D eigenvalue weighted by atomic mass is 16.5. The highest BCUT2D eigenvalue weighted by Gasteiger charge is 2.17. The van der Waals surface area contributed by atoms with E-state index in [1.165, 1.54) is 7.11 Å². The molecule has 0 aromatic carbocycles. The van der Waals surface area contributed by atoms with Crippen LogP contribution in [0, 0.1) is 0 Å². The van der Waals surface area contributed by atoms with Crippen LogP contribution in [0.5, 0.6) is 0 Å². The number of carbonyl (C=O) groups excluding carboxylic acids is 1. The Morgan fingerprint density at radius 1 is 1.70 bits per heavy atom. The van der Waals surface area contributed by atoms with Gasteiger partial charge in [0.2, 0.25) is 0 Å². The first kappa shape index (κ1) is 6.73. The largest absolute Gasteiger partial charge is 0.464 e. The van der Waals surface area contributed by atoms with Crippen LogP contribution in [0.3, 0.4) is 0 Å². The standard InChI is InChI=1S/C5H9N3O2/c1-10-5(9)3-4(6)8-2-7-3/h7-8H,2,6H2,1H3. The van der Waals surface area contributed by atoms with Gasteiger partial charge in [0.15, 0.2) is 5.70 Å². The molecule has 10 heavy (non-hydrogen) atoms. The monoisotopic (exact) mass is 143 g/mol. The highest BCUT2D eigenvalue weighted by molar-refractivity contribution is 5.88. The predicted molar refractivity (Wildman–Crippen MR) is 34.4 cm³/mol. The van der Waals surface area contributed by atoms with Crippen LogP contribution in [0.25, 0.3) is 0 Å². The minimum atomic E-state index is -0.442. The third-order valence-corrected chi connectivity index (χ3v) is 1.20. The van der Waals surface area contributed by atoms with Gasteiger partial charge in [-0.2, -0.15) is 0 Å². The lowest BCUT2D eigenvalue weighted by atomic mass is 10.4. The first-order valence-corrected chi connectivity index (χ1v) is 2.81. The summed E-state index contributed by atoms with van der Waals surface area (Å²) < 4.78 is 4.43. The number of hydrogen-bond acceptors (Lipinski definition) is 5. The Bertz CT molecular complexity index is 187. The van der Waals surface area contributed by atoms with Gasteiger partial charge in [0, 0.05) is 0 Å². The molecule has 0 saturated heterocycles. The molecule has 0 radical (unpaired) electrons. The summed E-state index contributed by atoms with van der Waals surface area (Å²) in [4.78, 5) is 10.8. The van der Waals surface area contributed by atoms with E-state index >= 15 is 0 Å². The van der Waals surface area contributed by atoms with Crippen molar-refractivity contribution in [3.63, 3.8) is 0 Å². The molecular weight excluding hydrogens is 134 g/mol. The number of carbonyl (C=O) groups is 1. The topological polar surface area (TPSA) is 76.4 Å². The van der Waals surface area contributed by atoms with Gasteiger partial charge in [0.1, 0.15) is 5.82 Å². The molecule has 1 rings (SSSR count). The summed E-state index contributed by atoms with van der Waals surface area (Å²) in [5, 5.41) is 5.46. The average molecular weight is 143 g/mol. The normalized spacial score (nSPS) is 16.1. The lowest BCUT2D eigenvalue weighted by Crippen LogP contribution is -2.19. The third kappa shape index (κ3) is 0.975. The average Bonchev–Trinajstić information content (AvgIpc) is 2.34. The Morgan fingerprint density at radius 3 is 2.80 bits per heavy atom. The van der Waals surface area contributed by atoms with E-state index < -0.39 is 5.97 Å². The zero-order valence-electron chi connectivity index (χ0n) is 5.60. The lowest BCUT2D eigenvalue weighted by Gasteiger charge is -1.98. The second-order valence-electron chi connectivity index (χ2n) is 1.81. The summed E-state index contributed by atoms with van der Waals surface area (Å²) in [6.45, 7) is 0.482. The molecule has 0 fully saturated rings. The molecule has 5 heteroatoms. The SMILES string of the molecule is COC(=O)C1=C(N)NCN1. The number of esters is 1. The molecule has 5 nitrogen and oxygen atoms in total. The van der Waals surface area contributed by atoms with Gasteiger partial charge in [-0.3, -0.25) is 0 Å². The van der Waals surface area contributed by atoms with Gasteiger partial charge in [-0.25, -0.2) is 4.79 Å². The van der Waals surface area contributed by atoms with Crippen molar-refractivity contribution < 1.29 is 9.53 Å². The van der Waals surface area contributed by atoms with Gasteiger partial charge >= 0.3 is 5.97 Å². The molecule has 0 unspecified atom stereocenters. The van der Waals surface area contributed by atoms with E-state index in [0.29, 0.717) is 18.2 Å². The van der Waals surface area contributed by atoms with Crippen molar-refractivity contribution in [2.24, 2.45) is 5.73 Å². The number of rotatable bonds is 1. The summed E-state index contributed by atoms with van der Waals surface area (Å²) in [6, 6.07) is 0. The minimum absolute atomic E-state index is 0.308. The van der Waals surface area contributed by atoms with Crippen LogP contribution >= 0.6 is 0 Å². The van der Waals surface area contributed by atoms with Crippen LogP contribution in [-0.2, 0) is 9.53 Å². The van der Waals surface area contributed by atoms with Crippen LogP contribution < -0.4 is 16.4 Å². The molecule has 56 valence electrons. The van der Waals surface area contributed by atoms with Gasteiger partial charge in [0.25, 0.3) is 0 Å². The Labute approximate surface area is 58.2 Å². The Balaban J connectivity index is 2.71. The summed E-state index contributed by atoms with van der Waals surface area (Å²) in [6.07, 6.45) is 0. The van der Waals surface area contributed by atoms with E-state index in [-0.39, 0.29) is 0 Å². The molecule has 0 bridgehead atoms. The molecule has 1 heterocycles. The summed E-state index contributed by atoms with van der Waals surface area (Å²) >= 11 is 0. The molecule has 0 amide bonds. The highest BCUT2D eigenvalue weighted by Crippen LogP contribution is 1.98. The Kier molecular flexibility index (Phi) is 1.66. The molecule has 0 aromatic rings. The van der Waals surface area contributed by atoms with Gasteiger partial charge < -0.3 is 21.1 Å². The van der Waals surface area contributed by atoms with Crippen molar-refractivity contribution >= 4 is 5.97 Å². The van der Waals surface area contributed by atoms with E-state index in [2.05, 4.69) is 15.4 Å². The minimum Gasteiger partial charge on any atom is -0.464 e. The van der Waals surface area contributed by atoms with Crippen LogP contribution in [-0.4, -0.2) is 19.7 Å². The van der Waals surface area contributed by atoms with Crippen molar-refractivity contribution in [1.82, 2.24) is 10.6 Å². The fourth-order valence-corrected chi connectivity index (χ4v) is 0.696. The number of nitrogens with one attached hydrogen (secondary N) is 2. The van der Waals surface area contributed by atoms with Crippen molar-refractivity contribution in [3.8, 4) is 0 Å². The third-order valence-electron chi connectivity index (χ3n) is 1.20. The van der Waals surface area contributed by atoms with Crippen LogP contribution in [0.1, 0.15) is 0 Å². The molecular formula is C5H9N3O2. The summed E-state index contributed by atoms with van der Waals surface area (Å²) in [5.41, 5.74) is 5.67. The number of nitrogens with two attached hydrogens (primary N) is 1. The van der Waals surface area contributed by atoms with Crippen LogP contribution in [0.4, 0.5) is 0 Å². The quantitative estimate of drug-likeness (QED) is 0.387. The summed E-state index contributed by atoms with van der Waals surface area (Å²) in [7, 11) is 1.31. The first-order chi connectivity index (χ1) is 4.75. The van der Waals surface area contributed by atoms with Gasteiger partial charge in [-0.15, -0.1) is 0 Å². The fourth-order valence-electron chi connectivity index (χ4n) is 0.696. The van der Waals surface area contributed by atoms with E-state index in [4.69, 9.17) is 5.73 Å². The maximum absolute atomic E-state index is 10.8. The molecule has 0 saturated carbocycles.